The van der Waals surface area contributed by atoms with Gasteiger partial charge in [0.2, 0.25) is 0 Å². The first kappa shape index (κ1) is 12.3. The van der Waals surface area contributed by atoms with Crippen molar-refractivity contribution >= 4 is 31.3 Å². The third-order valence-electron chi connectivity index (χ3n) is 2.13. The van der Waals surface area contributed by atoms with Gasteiger partial charge in [0.1, 0.15) is 0 Å². The molecule has 8 heteroatoms. The molecule has 0 fully saturated rings. The quantitative estimate of drug-likeness (QED) is 0.862. The van der Waals surface area contributed by atoms with Crippen LogP contribution in [-0.2, 0) is 9.05 Å². The Morgan fingerprint density at radius 1 is 1.35 bits per heavy atom. The fourth-order valence-electron chi connectivity index (χ4n) is 1.35. The smallest absolute Gasteiger partial charge is 0.248 e. The molecule has 0 aliphatic heterocycles. The number of nitrogens with one attached hydrogen (secondary N) is 1. The van der Waals surface area contributed by atoms with Crippen LogP contribution in [0.1, 0.15) is 5.56 Å². The van der Waals surface area contributed by atoms with Crippen molar-refractivity contribution in [3.05, 3.63) is 28.8 Å². The number of aromatic nitrogens is 3. The van der Waals surface area contributed by atoms with Crippen molar-refractivity contribution in [1.82, 2.24) is 15.2 Å². The number of hydrogen-bond acceptors (Lipinski definition) is 4. The third-order valence-corrected chi connectivity index (χ3v) is 3.44. The maximum Gasteiger partial charge on any atom is 0.296 e. The summed E-state index contributed by atoms with van der Waals surface area (Å²) in [6.07, 6.45) is 0. The van der Waals surface area contributed by atoms with E-state index < -0.39 is 9.05 Å². The Balaban J connectivity index is 2.51. The molecule has 0 unspecified atom stereocenters. The zero-order valence-electron chi connectivity index (χ0n) is 8.61. The van der Waals surface area contributed by atoms with Gasteiger partial charge in [-0.1, -0.05) is 11.6 Å². The van der Waals surface area contributed by atoms with Crippen LogP contribution < -0.4 is 0 Å². The van der Waals surface area contributed by atoms with E-state index in [2.05, 4.69) is 15.2 Å². The molecule has 0 saturated heterocycles. The molecule has 0 amide bonds. The third kappa shape index (κ3) is 2.59. The summed E-state index contributed by atoms with van der Waals surface area (Å²) in [6.45, 7) is 1.83. The van der Waals surface area contributed by atoms with Crippen molar-refractivity contribution in [2.45, 2.75) is 12.1 Å². The molecule has 90 valence electrons. The molecular formula is C9H7Cl2N3O2S. The number of benzene rings is 1. The van der Waals surface area contributed by atoms with Crippen molar-refractivity contribution in [2.24, 2.45) is 0 Å². The molecule has 1 aromatic heterocycles. The predicted molar refractivity (Wildman–Crippen MR) is 64.6 cm³/mol. The summed E-state index contributed by atoms with van der Waals surface area (Å²) in [4.78, 5) is 3.81. The molecule has 1 aromatic carbocycles. The fraction of sp³-hybridized carbons (Fsp3) is 0.111. The topological polar surface area (TPSA) is 75.7 Å². The van der Waals surface area contributed by atoms with E-state index in [9.17, 15) is 8.42 Å². The first-order valence-electron chi connectivity index (χ1n) is 4.51. The SMILES string of the molecule is Cc1cc(Cl)ccc1-c1n[nH]c(S(=O)(=O)Cl)n1. The average Bonchev–Trinajstić information content (AvgIpc) is 2.65. The van der Waals surface area contributed by atoms with Crippen LogP contribution in [0.4, 0.5) is 0 Å². The van der Waals surface area contributed by atoms with Crippen LogP contribution in [0, 0.1) is 6.92 Å². The van der Waals surface area contributed by atoms with Crippen molar-refractivity contribution in [3.63, 3.8) is 0 Å². The molecule has 17 heavy (non-hydrogen) atoms. The van der Waals surface area contributed by atoms with Crippen LogP contribution in [0.3, 0.4) is 0 Å². The van der Waals surface area contributed by atoms with Crippen LogP contribution in [-0.4, -0.2) is 23.6 Å². The maximum absolute atomic E-state index is 11.0. The number of rotatable bonds is 2. The molecule has 0 aliphatic carbocycles. The number of halogens is 2. The van der Waals surface area contributed by atoms with Gasteiger partial charge in [-0.3, -0.25) is 0 Å². The second kappa shape index (κ2) is 4.29. The Morgan fingerprint density at radius 3 is 2.59 bits per heavy atom. The molecule has 0 radical (unpaired) electrons. The Kier molecular flexibility index (Phi) is 3.11. The highest BCUT2D eigenvalue weighted by atomic mass is 35.7. The standard InChI is InChI=1S/C9H7Cl2N3O2S/c1-5-4-6(10)2-3-7(5)8-12-9(14-13-8)17(11,15)16/h2-4H,1H3,(H,12,13,14). The first-order chi connectivity index (χ1) is 7.88. The van der Waals surface area contributed by atoms with Crippen molar-refractivity contribution in [2.75, 3.05) is 0 Å². The van der Waals surface area contributed by atoms with Crippen LogP contribution in [0.15, 0.2) is 23.4 Å². The van der Waals surface area contributed by atoms with E-state index in [-0.39, 0.29) is 11.0 Å². The highest BCUT2D eigenvalue weighted by Crippen LogP contribution is 2.24. The van der Waals surface area contributed by atoms with E-state index in [1.807, 2.05) is 6.92 Å². The number of aryl methyl sites for hydroxylation is 1. The van der Waals surface area contributed by atoms with Gasteiger partial charge in [-0.15, -0.1) is 0 Å². The highest BCUT2D eigenvalue weighted by molar-refractivity contribution is 8.13. The maximum atomic E-state index is 11.0. The molecule has 0 saturated carbocycles. The van der Waals surface area contributed by atoms with Gasteiger partial charge >= 0.3 is 0 Å². The normalized spacial score (nSPS) is 11.7. The lowest BCUT2D eigenvalue weighted by atomic mass is 10.1. The van der Waals surface area contributed by atoms with Gasteiger partial charge in [-0.25, -0.2) is 13.5 Å². The second-order valence-corrected chi connectivity index (χ2v) is 6.28. The minimum atomic E-state index is -3.89. The molecule has 2 aromatic rings. The Labute approximate surface area is 107 Å². The molecule has 0 bridgehead atoms. The summed E-state index contributed by atoms with van der Waals surface area (Å²) in [7, 11) is 1.25. The van der Waals surface area contributed by atoms with Crippen LogP contribution in [0.25, 0.3) is 11.4 Å². The first-order valence-corrected chi connectivity index (χ1v) is 7.20. The van der Waals surface area contributed by atoms with Crippen LogP contribution in [0.2, 0.25) is 5.02 Å². The van der Waals surface area contributed by atoms with Gasteiger partial charge in [0.15, 0.2) is 5.82 Å². The van der Waals surface area contributed by atoms with E-state index in [4.69, 9.17) is 22.3 Å². The summed E-state index contributed by atoms with van der Waals surface area (Å²) in [5.41, 5.74) is 1.53. The average molecular weight is 292 g/mol. The Bertz CT molecular complexity index is 667. The van der Waals surface area contributed by atoms with E-state index in [0.29, 0.717) is 10.6 Å². The summed E-state index contributed by atoms with van der Waals surface area (Å²) in [6, 6.07) is 5.13. The molecule has 2 rings (SSSR count). The minimum absolute atomic E-state index is 0.262. The number of nitrogens with zero attached hydrogens (tertiary/aromatic N) is 2. The zero-order chi connectivity index (χ0) is 12.6. The van der Waals surface area contributed by atoms with E-state index in [1.54, 1.807) is 18.2 Å². The minimum Gasteiger partial charge on any atom is -0.248 e. The van der Waals surface area contributed by atoms with Crippen molar-refractivity contribution < 1.29 is 8.42 Å². The van der Waals surface area contributed by atoms with Crippen molar-refractivity contribution in [3.8, 4) is 11.4 Å². The second-order valence-electron chi connectivity index (χ2n) is 3.36. The largest absolute Gasteiger partial charge is 0.296 e. The summed E-state index contributed by atoms with van der Waals surface area (Å²) >= 11 is 5.82. The van der Waals surface area contributed by atoms with Gasteiger partial charge in [-0.2, -0.15) is 10.1 Å². The monoisotopic (exact) mass is 291 g/mol. The van der Waals surface area contributed by atoms with Crippen molar-refractivity contribution in [1.29, 1.82) is 0 Å². The summed E-state index contributed by atoms with van der Waals surface area (Å²) in [5.74, 6) is 0.262. The number of aromatic amines is 1. The molecule has 5 nitrogen and oxygen atoms in total. The van der Waals surface area contributed by atoms with Gasteiger partial charge in [0, 0.05) is 21.3 Å². The molecule has 0 aliphatic rings. The molecule has 0 spiro atoms. The lowest BCUT2D eigenvalue weighted by Crippen LogP contribution is -1.93. The predicted octanol–water partition coefficient (Wildman–Crippen LogP) is 2.36. The fourth-order valence-corrected chi connectivity index (χ4v) is 2.14. The summed E-state index contributed by atoms with van der Waals surface area (Å²) < 4.78 is 22.1. The van der Waals surface area contributed by atoms with E-state index in [0.717, 1.165) is 5.56 Å². The number of hydrogen-bond donors (Lipinski definition) is 1. The van der Waals surface area contributed by atoms with Gasteiger partial charge in [0.05, 0.1) is 0 Å². The molecule has 0 atom stereocenters. The Hall–Kier alpha value is -1.11. The Morgan fingerprint density at radius 2 is 2.06 bits per heavy atom. The number of H-pyrrole nitrogens is 1. The van der Waals surface area contributed by atoms with Crippen LogP contribution in [0.5, 0.6) is 0 Å². The highest BCUT2D eigenvalue weighted by Gasteiger charge is 2.17. The lowest BCUT2D eigenvalue weighted by Gasteiger charge is -2.00. The van der Waals surface area contributed by atoms with Gasteiger partial charge in [0.25, 0.3) is 14.2 Å². The van der Waals surface area contributed by atoms with Crippen LogP contribution >= 0.6 is 22.3 Å². The molecular weight excluding hydrogens is 285 g/mol. The van der Waals surface area contributed by atoms with Gasteiger partial charge in [-0.05, 0) is 30.7 Å². The zero-order valence-corrected chi connectivity index (χ0v) is 10.9. The lowest BCUT2D eigenvalue weighted by molar-refractivity contribution is 0.602. The van der Waals surface area contributed by atoms with Gasteiger partial charge < -0.3 is 0 Å². The summed E-state index contributed by atoms with van der Waals surface area (Å²) in [5, 5.41) is 6.29. The molecule has 1 heterocycles. The molecule has 1 N–H and O–H groups in total. The van der Waals surface area contributed by atoms with E-state index in [1.165, 1.54) is 0 Å². The van der Waals surface area contributed by atoms with E-state index >= 15 is 0 Å².